The Morgan fingerprint density at radius 3 is 2.88 bits per heavy atom. The molecule has 0 amide bonds. The van der Waals surface area contributed by atoms with Crippen LogP contribution in [-0.2, 0) is 0 Å². The summed E-state index contributed by atoms with van der Waals surface area (Å²) in [5.74, 6) is 0.881. The summed E-state index contributed by atoms with van der Waals surface area (Å²) < 4.78 is 5.26. The molecule has 1 aromatic rings. The molecule has 1 heterocycles. The number of hydrogen-bond donors (Lipinski definition) is 3. The SMILES string of the molecule is CCOc1cc(C)nc(NCC(O)CO)n1. The minimum atomic E-state index is -0.820. The highest BCUT2D eigenvalue weighted by molar-refractivity contribution is 5.30. The molecular weight excluding hydrogens is 210 g/mol. The summed E-state index contributed by atoms with van der Waals surface area (Å²) in [7, 11) is 0. The van der Waals surface area contributed by atoms with Crippen LogP contribution in [0.1, 0.15) is 12.6 Å². The Morgan fingerprint density at radius 2 is 2.25 bits per heavy atom. The zero-order valence-electron chi connectivity index (χ0n) is 9.47. The lowest BCUT2D eigenvalue weighted by Crippen LogP contribution is -2.24. The summed E-state index contributed by atoms with van der Waals surface area (Å²) in [6.45, 7) is 4.15. The van der Waals surface area contributed by atoms with E-state index < -0.39 is 6.10 Å². The van der Waals surface area contributed by atoms with Crippen LogP contribution < -0.4 is 10.1 Å². The summed E-state index contributed by atoms with van der Waals surface area (Å²) in [5, 5.41) is 20.6. The van der Waals surface area contributed by atoms with Gasteiger partial charge in [0.2, 0.25) is 11.8 Å². The fourth-order valence-corrected chi connectivity index (χ4v) is 1.11. The van der Waals surface area contributed by atoms with Gasteiger partial charge in [-0.1, -0.05) is 0 Å². The lowest BCUT2D eigenvalue weighted by atomic mass is 10.4. The predicted molar refractivity (Wildman–Crippen MR) is 59.5 cm³/mol. The Hall–Kier alpha value is -1.40. The van der Waals surface area contributed by atoms with Gasteiger partial charge in [-0.05, 0) is 13.8 Å². The van der Waals surface area contributed by atoms with Gasteiger partial charge in [-0.3, -0.25) is 0 Å². The highest BCUT2D eigenvalue weighted by Crippen LogP contribution is 2.11. The molecule has 0 saturated carbocycles. The van der Waals surface area contributed by atoms with Crippen molar-refractivity contribution in [1.82, 2.24) is 9.97 Å². The van der Waals surface area contributed by atoms with Crippen LogP contribution in [0.5, 0.6) is 5.88 Å². The van der Waals surface area contributed by atoms with Gasteiger partial charge in [-0.25, -0.2) is 4.98 Å². The third-order valence-electron chi connectivity index (χ3n) is 1.83. The van der Waals surface area contributed by atoms with Crippen molar-refractivity contribution in [2.45, 2.75) is 20.0 Å². The molecule has 0 radical (unpaired) electrons. The third kappa shape index (κ3) is 4.00. The van der Waals surface area contributed by atoms with Gasteiger partial charge in [0.25, 0.3) is 0 Å². The van der Waals surface area contributed by atoms with Crippen LogP contribution in [0.4, 0.5) is 5.95 Å². The maximum atomic E-state index is 9.16. The Kier molecular flexibility index (Phi) is 4.94. The maximum absolute atomic E-state index is 9.16. The van der Waals surface area contributed by atoms with E-state index in [-0.39, 0.29) is 13.2 Å². The first-order chi connectivity index (χ1) is 7.65. The molecule has 0 aliphatic heterocycles. The van der Waals surface area contributed by atoms with Crippen molar-refractivity contribution in [3.05, 3.63) is 11.8 Å². The van der Waals surface area contributed by atoms with E-state index >= 15 is 0 Å². The van der Waals surface area contributed by atoms with E-state index in [1.165, 1.54) is 0 Å². The molecule has 0 spiro atoms. The lowest BCUT2D eigenvalue weighted by Gasteiger charge is -2.10. The van der Waals surface area contributed by atoms with Gasteiger partial charge in [0.05, 0.1) is 19.3 Å². The molecule has 0 saturated heterocycles. The highest BCUT2D eigenvalue weighted by Gasteiger charge is 2.05. The molecule has 0 bridgehead atoms. The van der Waals surface area contributed by atoms with Crippen molar-refractivity contribution >= 4 is 5.95 Å². The molecule has 1 aromatic heterocycles. The number of aryl methyl sites for hydroxylation is 1. The lowest BCUT2D eigenvalue weighted by molar-refractivity contribution is 0.105. The number of ether oxygens (including phenoxy) is 1. The van der Waals surface area contributed by atoms with Crippen molar-refractivity contribution in [1.29, 1.82) is 0 Å². The number of nitrogens with one attached hydrogen (secondary N) is 1. The molecule has 0 fully saturated rings. The maximum Gasteiger partial charge on any atom is 0.226 e. The van der Waals surface area contributed by atoms with Crippen molar-refractivity contribution in [2.24, 2.45) is 0 Å². The van der Waals surface area contributed by atoms with E-state index in [0.717, 1.165) is 5.69 Å². The second-order valence-corrected chi connectivity index (χ2v) is 3.32. The fraction of sp³-hybridized carbons (Fsp3) is 0.600. The zero-order valence-corrected chi connectivity index (χ0v) is 9.47. The molecule has 1 unspecified atom stereocenters. The molecule has 3 N–H and O–H groups in total. The van der Waals surface area contributed by atoms with Crippen molar-refractivity contribution in [3.63, 3.8) is 0 Å². The van der Waals surface area contributed by atoms with Crippen LogP contribution in [0.2, 0.25) is 0 Å². The standard InChI is InChI=1S/C10H17N3O3/c1-3-16-9-4-7(2)12-10(13-9)11-5-8(15)6-14/h4,8,14-15H,3,5-6H2,1-2H3,(H,11,12,13). The first-order valence-electron chi connectivity index (χ1n) is 5.17. The highest BCUT2D eigenvalue weighted by atomic mass is 16.5. The fourth-order valence-electron chi connectivity index (χ4n) is 1.11. The topological polar surface area (TPSA) is 87.5 Å². The van der Waals surface area contributed by atoms with Crippen LogP contribution >= 0.6 is 0 Å². The zero-order chi connectivity index (χ0) is 12.0. The number of aromatic nitrogens is 2. The predicted octanol–water partition coefficient (Wildman–Crippen LogP) is -0.0512. The van der Waals surface area contributed by atoms with E-state index in [9.17, 15) is 0 Å². The monoisotopic (exact) mass is 227 g/mol. The minimum Gasteiger partial charge on any atom is -0.478 e. The summed E-state index contributed by atoms with van der Waals surface area (Å²) in [6, 6.07) is 1.73. The number of aliphatic hydroxyl groups is 2. The summed E-state index contributed by atoms with van der Waals surface area (Å²) in [6.07, 6.45) is -0.820. The van der Waals surface area contributed by atoms with E-state index in [4.69, 9.17) is 14.9 Å². The summed E-state index contributed by atoms with van der Waals surface area (Å²) >= 11 is 0. The van der Waals surface area contributed by atoms with Crippen LogP contribution in [0.3, 0.4) is 0 Å². The Balaban J connectivity index is 2.64. The van der Waals surface area contributed by atoms with Gasteiger partial charge >= 0.3 is 0 Å². The second kappa shape index (κ2) is 6.24. The van der Waals surface area contributed by atoms with Gasteiger partial charge in [-0.2, -0.15) is 4.98 Å². The number of anilines is 1. The molecule has 90 valence electrons. The van der Waals surface area contributed by atoms with Crippen LogP contribution in [-0.4, -0.2) is 46.0 Å². The van der Waals surface area contributed by atoms with E-state index in [0.29, 0.717) is 18.4 Å². The Labute approximate surface area is 94.3 Å². The van der Waals surface area contributed by atoms with Gasteiger partial charge < -0.3 is 20.3 Å². The first-order valence-corrected chi connectivity index (χ1v) is 5.17. The molecule has 1 atom stereocenters. The van der Waals surface area contributed by atoms with E-state index in [1.54, 1.807) is 6.07 Å². The van der Waals surface area contributed by atoms with Gasteiger partial charge in [0, 0.05) is 18.3 Å². The molecule has 0 aliphatic carbocycles. The number of hydrogen-bond acceptors (Lipinski definition) is 6. The van der Waals surface area contributed by atoms with Gasteiger partial charge in [0.15, 0.2) is 0 Å². The van der Waals surface area contributed by atoms with Crippen molar-refractivity contribution in [3.8, 4) is 5.88 Å². The molecule has 6 heteroatoms. The minimum absolute atomic E-state index is 0.200. The summed E-state index contributed by atoms with van der Waals surface area (Å²) in [5.41, 5.74) is 0.777. The number of nitrogens with zero attached hydrogens (tertiary/aromatic N) is 2. The van der Waals surface area contributed by atoms with Crippen molar-refractivity contribution in [2.75, 3.05) is 25.1 Å². The largest absolute Gasteiger partial charge is 0.478 e. The molecule has 0 aliphatic rings. The Bertz CT molecular complexity index is 333. The van der Waals surface area contributed by atoms with Gasteiger partial charge in [-0.15, -0.1) is 0 Å². The summed E-state index contributed by atoms with van der Waals surface area (Å²) in [4.78, 5) is 8.22. The average Bonchev–Trinajstić information content (AvgIpc) is 2.25. The second-order valence-electron chi connectivity index (χ2n) is 3.32. The van der Waals surface area contributed by atoms with Crippen molar-refractivity contribution < 1.29 is 14.9 Å². The molecule has 16 heavy (non-hydrogen) atoms. The first kappa shape index (κ1) is 12.7. The molecular formula is C10H17N3O3. The van der Waals surface area contributed by atoms with Crippen LogP contribution in [0, 0.1) is 6.92 Å². The average molecular weight is 227 g/mol. The third-order valence-corrected chi connectivity index (χ3v) is 1.83. The quantitative estimate of drug-likeness (QED) is 0.631. The van der Waals surface area contributed by atoms with E-state index in [2.05, 4.69) is 15.3 Å². The van der Waals surface area contributed by atoms with Crippen LogP contribution in [0.25, 0.3) is 0 Å². The normalized spacial score (nSPS) is 12.2. The molecule has 6 nitrogen and oxygen atoms in total. The Morgan fingerprint density at radius 1 is 1.50 bits per heavy atom. The molecule has 0 aromatic carbocycles. The number of aliphatic hydroxyl groups excluding tert-OH is 2. The van der Waals surface area contributed by atoms with E-state index in [1.807, 2.05) is 13.8 Å². The number of rotatable bonds is 6. The molecule has 1 rings (SSSR count). The van der Waals surface area contributed by atoms with Crippen LogP contribution in [0.15, 0.2) is 6.07 Å². The smallest absolute Gasteiger partial charge is 0.226 e. The van der Waals surface area contributed by atoms with Gasteiger partial charge in [0.1, 0.15) is 0 Å².